The number of hydrogen-bond acceptors (Lipinski definition) is 5. The van der Waals surface area contributed by atoms with Gasteiger partial charge in [0, 0.05) is 17.2 Å². The van der Waals surface area contributed by atoms with Gasteiger partial charge in [0.05, 0.1) is 23.4 Å². The van der Waals surface area contributed by atoms with Gasteiger partial charge in [0.15, 0.2) is 11.5 Å². The van der Waals surface area contributed by atoms with Gasteiger partial charge in [-0.3, -0.25) is 9.36 Å². The van der Waals surface area contributed by atoms with E-state index < -0.39 is 11.6 Å². The van der Waals surface area contributed by atoms with Crippen molar-refractivity contribution >= 4 is 23.3 Å². The van der Waals surface area contributed by atoms with Crippen LogP contribution in [-0.4, -0.2) is 27.3 Å². The monoisotopic (exact) mass is 432 g/mol. The van der Waals surface area contributed by atoms with E-state index in [1.807, 2.05) is 49.4 Å². The number of aromatic nitrogens is 2. The molecule has 7 heteroatoms. The number of para-hydroxylation sites is 1. The van der Waals surface area contributed by atoms with Gasteiger partial charge in [0.25, 0.3) is 5.91 Å². The minimum absolute atomic E-state index is 0.0116. The van der Waals surface area contributed by atoms with Crippen molar-refractivity contribution in [2.24, 2.45) is 0 Å². The first-order valence-electron chi connectivity index (χ1n) is 9.54. The lowest BCUT2D eigenvalue weighted by molar-refractivity contribution is 0.0967. The molecule has 4 aromatic rings. The van der Waals surface area contributed by atoms with E-state index in [4.69, 9.17) is 4.74 Å². The molecule has 4 rings (SSSR count). The highest BCUT2D eigenvalue weighted by atomic mass is 32.1. The Morgan fingerprint density at radius 1 is 1.10 bits per heavy atom. The zero-order valence-electron chi connectivity index (χ0n) is 17.0. The summed E-state index contributed by atoms with van der Waals surface area (Å²) >= 11 is 1.52. The highest BCUT2D eigenvalue weighted by Crippen LogP contribution is 2.29. The number of allylic oxidation sites excluding steroid dienone is 1. The Hall–Kier alpha value is -3.84. The number of phenolic OH excluding ortho intramolecular Hbond substituents is 1. The lowest BCUT2D eigenvalue weighted by Gasteiger charge is -2.04. The van der Waals surface area contributed by atoms with E-state index in [1.165, 1.54) is 39.7 Å². The molecular formula is C24H20N2O4S. The summed E-state index contributed by atoms with van der Waals surface area (Å²) in [6.07, 6.45) is 4.62. The number of aromatic hydroxyl groups is 1. The van der Waals surface area contributed by atoms with Gasteiger partial charge in [0.1, 0.15) is 0 Å². The number of carbonyl (C=O) groups is 1. The molecule has 0 aliphatic carbocycles. The summed E-state index contributed by atoms with van der Waals surface area (Å²) in [7, 11) is 1.45. The Balaban J connectivity index is 1.78. The Labute approximate surface area is 182 Å². The molecule has 0 unspecified atom stereocenters. The number of nitrogens with zero attached hydrogens (tertiary/aromatic N) is 2. The van der Waals surface area contributed by atoms with Crippen molar-refractivity contribution in [2.45, 2.75) is 6.92 Å². The zero-order valence-corrected chi connectivity index (χ0v) is 17.8. The van der Waals surface area contributed by atoms with Gasteiger partial charge in [0.2, 0.25) is 0 Å². The summed E-state index contributed by atoms with van der Waals surface area (Å²) in [4.78, 5) is 28.2. The van der Waals surface area contributed by atoms with Crippen LogP contribution in [0.15, 0.2) is 77.7 Å². The second-order valence-corrected chi connectivity index (χ2v) is 8.14. The van der Waals surface area contributed by atoms with Crippen molar-refractivity contribution in [2.75, 3.05) is 7.11 Å². The minimum atomic E-state index is -0.465. The molecule has 0 spiro atoms. The van der Waals surface area contributed by atoms with Crippen molar-refractivity contribution < 1.29 is 14.6 Å². The number of imidazole rings is 1. The molecule has 2 heterocycles. The number of rotatable bonds is 5. The van der Waals surface area contributed by atoms with Crippen LogP contribution >= 0.6 is 11.3 Å². The molecule has 0 saturated carbocycles. The molecule has 0 aliphatic rings. The van der Waals surface area contributed by atoms with Gasteiger partial charge in [-0.1, -0.05) is 24.3 Å². The average molecular weight is 433 g/mol. The molecule has 0 bridgehead atoms. The normalized spacial score (nSPS) is 11.2. The number of carbonyl (C=O) groups excluding carboxylic acids is 1. The molecule has 0 aliphatic heterocycles. The van der Waals surface area contributed by atoms with Gasteiger partial charge in [-0.15, -0.1) is 11.3 Å². The summed E-state index contributed by atoms with van der Waals surface area (Å²) in [6.45, 7) is 1.98. The molecule has 1 N–H and O–H groups in total. The molecule has 2 aromatic carbocycles. The first-order chi connectivity index (χ1) is 15.0. The van der Waals surface area contributed by atoms with Crippen LogP contribution in [0.5, 0.6) is 11.5 Å². The third-order valence-corrected chi connectivity index (χ3v) is 5.78. The van der Waals surface area contributed by atoms with Gasteiger partial charge >= 0.3 is 5.69 Å². The average Bonchev–Trinajstić information content (AvgIpc) is 3.36. The number of hydrogen-bond donors (Lipinski definition) is 1. The van der Waals surface area contributed by atoms with Crippen LogP contribution in [0.3, 0.4) is 0 Å². The molecule has 2 aromatic heterocycles. The summed E-state index contributed by atoms with van der Waals surface area (Å²) in [6, 6.07) is 17.8. The Kier molecular flexibility index (Phi) is 5.60. The van der Waals surface area contributed by atoms with Gasteiger partial charge < -0.3 is 9.84 Å². The number of phenols is 1. The molecule has 0 fully saturated rings. The smallest absolute Gasteiger partial charge is 0.340 e. The first kappa shape index (κ1) is 20.4. The van der Waals surface area contributed by atoms with Crippen LogP contribution in [0.1, 0.15) is 15.2 Å². The summed E-state index contributed by atoms with van der Waals surface area (Å²) in [5.74, 6) is -0.151. The number of methoxy groups -OCH3 is 1. The molecule has 0 amide bonds. The fraction of sp³-hybridized carbons (Fsp3) is 0.0833. The summed E-state index contributed by atoms with van der Waals surface area (Å²) in [5.41, 5.74) is 1.43. The van der Waals surface area contributed by atoms with Gasteiger partial charge in [-0.2, -0.15) is 0 Å². The Bertz CT molecular complexity index is 1330. The third kappa shape index (κ3) is 4.08. The standard InChI is InChI=1S/C24H20N2O4S/c1-16-8-12-22(31-16)19-15-25(18-6-4-3-5-7-18)24(29)26(19)23(28)13-10-17-9-11-20(27)21(14-17)30-2/h3-15,27H,1-2H3. The largest absolute Gasteiger partial charge is 0.504 e. The molecule has 0 radical (unpaired) electrons. The maximum absolute atomic E-state index is 13.2. The van der Waals surface area contributed by atoms with E-state index in [-0.39, 0.29) is 5.75 Å². The van der Waals surface area contributed by atoms with Crippen LogP contribution in [-0.2, 0) is 0 Å². The second kappa shape index (κ2) is 8.49. The van der Waals surface area contributed by atoms with Crippen molar-refractivity contribution in [3.63, 3.8) is 0 Å². The van der Waals surface area contributed by atoms with Crippen molar-refractivity contribution in [3.05, 3.63) is 93.9 Å². The van der Waals surface area contributed by atoms with Crippen LogP contribution in [0, 0.1) is 6.92 Å². The predicted octanol–water partition coefficient (Wildman–Crippen LogP) is 4.74. The van der Waals surface area contributed by atoms with Gasteiger partial charge in [-0.05, 0) is 55.0 Å². The lowest BCUT2D eigenvalue weighted by Crippen LogP contribution is -2.27. The molecule has 0 atom stereocenters. The minimum Gasteiger partial charge on any atom is -0.504 e. The van der Waals surface area contributed by atoms with Crippen molar-refractivity contribution in [1.82, 2.24) is 9.13 Å². The van der Waals surface area contributed by atoms with Crippen molar-refractivity contribution in [1.29, 1.82) is 0 Å². The van der Waals surface area contributed by atoms with Crippen LogP contribution in [0.2, 0.25) is 0 Å². The molecular weight excluding hydrogens is 412 g/mol. The van der Waals surface area contributed by atoms with E-state index in [0.717, 1.165) is 9.75 Å². The van der Waals surface area contributed by atoms with Crippen molar-refractivity contribution in [3.8, 4) is 27.8 Å². The Morgan fingerprint density at radius 3 is 2.55 bits per heavy atom. The molecule has 31 heavy (non-hydrogen) atoms. The van der Waals surface area contributed by atoms with Crippen LogP contribution in [0.4, 0.5) is 0 Å². The number of thiophene rings is 1. The third-order valence-electron chi connectivity index (χ3n) is 4.76. The molecule has 0 saturated heterocycles. The van der Waals surface area contributed by atoms with E-state index in [1.54, 1.807) is 24.4 Å². The van der Waals surface area contributed by atoms with E-state index >= 15 is 0 Å². The second-order valence-electron chi connectivity index (χ2n) is 6.85. The summed E-state index contributed by atoms with van der Waals surface area (Å²) < 4.78 is 7.75. The maximum atomic E-state index is 13.2. The summed E-state index contributed by atoms with van der Waals surface area (Å²) in [5, 5.41) is 9.74. The van der Waals surface area contributed by atoms with Crippen LogP contribution in [0.25, 0.3) is 22.3 Å². The maximum Gasteiger partial charge on any atom is 0.340 e. The topological polar surface area (TPSA) is 73.5 Å². The predicted molar refractivity (Wildman–Crippen MR) is 122 cm³/mol. The number of benzene rings is 2. The first-order valence-corrected chi connectivity index (χ1v) is 10.4. The fourth-order valence-corrected chi connectivity index (χ4v) is 4.09. The Morgan fingerprint density at radius 2 is 1.87 bits per heavy atom. The fourth-order valence-electron chi connectivity index (χ4n) is 3.22. The van der Waals surface area contributed by atoms with Crippen LogP contribution < -0.4 is 10.4 Å². The van der Waals surface area contributed by atoms with E-state index in [9.17, 15) is 14.7 Å². The number of aryl methyl sites for hydroxylation is 1. The highest BCUT2D eigenvalue weighted by Gasteiger charge is 2.19. The lowest BCUT2D eigenvalue weighted by atomic mass is 10.2. The van der Waals surface area contributed by atoms with Gasteiger partial charge in [-0.25, -0.2) is 9.36 Å². The molecule has 6 nitrogen and oxygen atoms in total. The van der Waals surface area contributed by atoms with E-state index in [2.05, 4.69) is 0 Å². The zero-order chi connectivity index (χ0) is 22.0. The highest BCUT2D eigenvalue weighted by molar-refractivity contribution is 7.15. The molecule has 156 valence electrons. The number of ether oxygens (including phenoxy) is 1. The quantitative estimate of drug-likeness (QED) is 0.462. The SMILES string of the molecule is COc1cc(C=CC(=O)n2c(-c3ccc(C)s3)cn(-c3ccccc3)c2=O)ccc1O. The van der Waals surface area contributed by atoms with E-state index in [0.29, 0.717) is 22.7 Å².